The average molecular weight is 284 g/mol. The fourth-order valence-electron chi connectivity index (χ4n) is 2.29. The number of hydrogen-bond acceptors (Lipinski definition) is 5. The highest BCUT2D eigenvalue weighted by Gasteiger charge is 2.14. The molecule has 0 N–H and O–H groups in total. The highest BCUT2D eigenvalue weighted by atomic mass is 16.5. The summed E-state index contributed by atoms with van der Waals surface area (Å²) in [6, 6.07) is 7.72. The molecule has 0 aliphatic rings. The molecule has 21 heavy (non-hydrogen) atoms. The van der Waals surface area contributed by atoms with Crippen molar-refractivity contribution in [1.29, 1.82) is 0 Å². The van der Waals surface area contributed by atoms with Crippen molar-refractivity contribution in [3.63, 3.8) is 0 Å². The summed E-state index contributed by atoms with van der Waals surface area (Å²) in [5.74, 6) is 2.17. The molecule has 0 spiro atoms. The lowest BCUT2D eigenvalue weighted by Crippen LogP contribution is -2.00. The van der Waals surface area contributed by atoms with E-state index in [2.05, 4.69) is 15.1 Å². The molecule has 3 rings (SSSR count). The van der Waals surface area contributed by atoms with E-state index in [-0.39, 0.29) is 0 Å². The third kappa shape index (κ3) is 2.34. The molecule has 0 amide bonds. The fraction of sp³-hybridized carbons (Fsp3) is 0.267. The highest BCUT2D eigenvalue weighted by Crippen LogP contribution is 2.31. The Morgan fingerprint density at radius 2 is 2.05 bits per heavy atom. The van der Waals surface area contributed by atoms with Crippen molar-refractivity contribution >= 4 is 10.9 Å². The summed E-state index contributed by atoms with van der Waals surface area (Å²) in [7, 11) is 5.13. The molecule has 0 unspecified atom stereocenters. The first kappa shape index (κ1) is 13.5. The van der Waals surface area contributed by atoms with Crippen molar-refractivity contribution in [3.8, 4) is 17.1 Å². The summed E-state index contributed by atoms with van der Waals surface area (Å²) in [6.07, 6.45) is 1.75. The van der Waals surface area contributed by atoms with Crippen LogP contribution in [0, 0.1) is 0 Å². The quantitative estimate of drug-likeness (QED) is 0.735. The molecule has 6 nitrogen and oxygen atoms in total. The summed E-state index contributed by atoms with van der Waals surface area (Å²) in [6.45, 7) is 0.426. The van der Waals surface area contributed by atoms with Gasteiger partial charge in [0.2, 0.25) is 0 Å². The lowest BCUT2D eigenvalue weighted by molar-refractivity contribution is 0.174. The maximum Gasteiger partial charge on any atom is 0.182 e. The number of fused-ring (bicyclic) bond motifs is 1. The third-order valence-corrected chi connectivity index (χ3v) is 3.32. The number of aromatic nitrogens is 4. The number of rotatable bonds is 4. The Morgan fingerprint density at radius 3 is 2.81 bits per heavy atom. The first-order chi connectivity index (χ1) is 10.2. The van der Waals surface area contributed by atoms with E-state index in [4.69, 9.17) is 9.47 Å². The predicted molar refractivity (Wildman–Crippen MR) is 79.0 cm³/mol. The number of pyridine rings is 1. The molecular formula is C15H16N4O2. The second kappa shape index (κ2) is 5.49. The standard InChI is InChI=1S/C15H16N4O2/c1-19-13(9-20-2)17-15(18-19)11-6-7-12(21-3)14-10(11)5-4-8-16-14/h4-8H,9H2,1-3H3. The number of ether oxygens (including phenoxy) is 2. The van der Waals surface area contributed by atoms with E-state index in [0.717, 1.165) is 28.0 Å². The van der Waals surface area contributed by atoms with E-state index in [0.29, 0.717) is 12.4 Å². The van der Waals surface area contributed by atoms with Gasteiger partial charge in [0.1, 0.15) is 17.9 Å². The van der Waals surface area contributed by atoms with Gasteiger partial charge in [-0.05, 0) is 18.2 Å². The number of benzene rings is 1. The van der Waals surface area contributed by atoms with Gasteiger partial charge in [-0.25, -0.2) is 4.98 Å². The summed E-state index contributed by atoms with van der Waals surface area (Å²) in [4.78, 5) is 8.93. The van der Waals surface area contributed by atoms with Gasteiger partial charge in [0, 0.05) is 31.3 Å². The van der Waals surface area contributed by atoms with Gasteiger partial charge in [-0.2, -0.15) is 5.10 Å². The summed E-state index contributed by atoms with van der Waals surface area (Å²) < 4.78 is 12.2. The first-order valence-corrected chi connectivity index (χ1v) is 6.55. The summed E-state index contributed by atoms with van der Waals surface area (Å²) in [5, 5.41) is 5.43. The Hall–Kier alpha value is -2.47. The molecule has 2 aromatic heterocycles. The lowest BCUT2D eigenvalue weighted by atomic mass is 10.1. The van der Waals surface area contributed by atoms with Crippen molar-refractivity contribution in [1.82, 2.24) is 19.7 Å². The van der Waals surface area contributed by atoms with Crippen LogP contribution in [0.25, 0.3) is 22.3 Å². The maximum absolute atomic E-state index is 5.36. The van der Waals surface area contributed by atoms with Crippen molar-refractivity contribution in [2.24, 2.45) is 7.05 Å². The van der Waals surface area contributed by atoms with Crippen LogP contribution in [-0.2, 0) is 18.4 Å². The average Bonchev–Trinajstić information content (AvgIpc) is 2.87. The molecule has 0 aliphatic heterocycles. The SMILES string of the molecule is COCc1nc(-c2ccc(OC)c3ncccc23)nn1C. The van der Waals surface area contributed by atoms with Crippen LogP contribution in [-0.4, -0.2) is 34.0 Å². The van der Waals surface area contributed by atoms with E-state index in [1.165, 1.54) is 0 Å². The molecule has 2 heterocycles. The van der Waals surface area contributed by atoms with Crippen LogP contribution in [0.4, 0.5) is 0 Å². The smallest absolute Gasteiger partial charge is 0.182 e. The molecule has 6 heteroatoms. The Bertz CT molecular complexity index is 782. The van der Waals surface area contributed by atoms with Crippen LogP contribution < -0.4 is 4.74 Å². The summed E-state index contributed by atoms with van der Waals surface area (Å²) in [5.41, 5.74) is 1.73. The Balaban J connectivity index is 2.19. The largest absolute Gasteiger partial charge is 0.494 e. The van der Waals surface area contributed by atoms with E-state index in [9.17, 15) is 0 Å². The van der Waals surface area contributed by atoms with E-state index in [1.54, 1.807) is 25.1 Å². The van der Waals surface area contributed by atoms with Gasteiger partial charge in [0.05, 0.1) is 7.11 Å². The van der Waals surface area contributed by atoms with Crippen molar-refractivity contribution < 1.29 is 9.47 Å². The lowest BCUT2D eigenvalue weighted by Gasteiger charge is -2.07. The van der Waals surface area contributed by atoms with Gasteiger partial charge in [-0.1, -0.05) is 6.07 Å². The molecule has 3 aromatic rings. The van der Waals surface area contributed by atoms with E-state index < -0.39 is 0 Å². The Kier molecular flexibility index (Phi) is 3.53. The summed E-state index contributed by atoms with van der Waals surface area (Å²) >= 11 is 0. The molecule has 1 aromatic carbocycles. The molecule has 108 valence electrons. The number of aryl methyl sites for hydroxylation is 1. The van der Waals surface area contributed by atoms with Gasteiger partial charge in [-0.15, -0.1) is 0 Å². The second-order valence-corrected chi connectivity index (χ2v) is 4.62. The number of methoxy groups -OCH3 is 2. The topological polar surface area (TPSA) is 62.1 Å². The maximum atomic E-state index is 5.36. The van der Waals surface area contributed by atoms with Gasteiger partial charge in [0.25, 0.3) is 0 Å². The van der Waals surface area contributed by atoms with Crippen LogP contribution in [0.15, 0.2) is 30.5 Å². The zero-order valence-electron chi connectivity index (χ0n) is 12.2. The highest BCUT2D eigenvalue weighted by molar-refractivity contribution is 5.96. The number of nitrogens with zero attached hydrogens (tertiary/aromatic N) is 4. The first-order valence-electron chi connectivity index (χ1n) is 6.55. The molecule has 0 saturated heterocycles. The van der Waals surface area contributed by atoms with Crippen LogP contribution in [0.1, 0.15) is 5.82 Å². The van der Waals surface area contributed by atoms with Crippen molar-refractivity contribution in [3.05, 3.63) is 36.3 Å². The van der Waals surface area contributed by atoms with E-state index >= 15 is 0 Å². The van der Waals surface area contributed by atoms with Gasteiger partial charge < -0.3 is 9.47 Å². The second-order valence-electron chi connectivity index (χ2n) is 4.62. The minimum Gasteiger partial charge on any atom is -0.494 e. The van der Waals surface area contributed by atoms with E-state index in [1.807, 2.05) is 31.3 Å². The minimum absolute atomic E-state index is 0.426. The molecule has 0 radical (unpaired) electrons. The van der Waals surface area contributed by atoms with Crippen molar-refractivity contribution in [2.45, 2.75) is 6.61 Å². The van der Waals surface area contributed by atoms with Crippen LogP contribution in [0.3, 0.4) is 0 Å². The fourth-order valence-corrected chi connectivity index (χ4v) is 2.29. The molecule has 0 bridgehead atoms. The van der Waals surface area contributed by atoms with Gasteiger partial charge >= 0.3 is 0 Å². The Labute approximate surface area is 122 Å². The van der Waals surface area contributed by atoms with Crippen LogP contribution in [0.5, 0.6) is 5.75 Å². The zero-order chi connectivity index (χ0) is 14.8. The predicted octanol–water partition coefficient (Wildman–Crippen LogP) is 2.19. The minimum atomic E-state index is 0.426. The third-order valence-electron chi connectivity index (χ3n) is 3.32. The zero-order valence-corrected chi connectivity index (χ0v) is 12.2. The van der Waals surface area contributed by atoms with Crippen LogP contribution in [0.2, 0.25) is 0 Å². The molecule has 0 fully saturated rings. The van der Waals surface area contributed by atoms with Gasteiger partial charge in [-0.3, -0.25) is 9.67 Å². The van der Waals surface area contributed by atoms with Crippen LogP contribution >= 0.6 is 0 Å². The molecular weight excluding hydrogens is 268 g/mol. The molecule has 0 saturated carbocycles. The monoisotopic (exact) mass is 284 g/mol. The normalized spacial score (nSPS) is 11.0. The van der Waals surface area contributed by atoms with Gasteiger partial charge in [0.15, 0.2) is 11.6 Å². The number of hydrogen-bond donors (Lipinski definition) is 0. The molecule has 0 aliphatic carbocycles. The van der Waals surface area contributed by atoms with Crippen molar-refractivity contribution in [2.75, 3.05) is 14.2 Å². The molecule has 0 atom stereocenters. The Morgan fingerprint density at radius 1 is 1.19 bits per heavy atom.